The molecule has 0 amide bonds. The van der Waals surface area contributed by atoms with Crippen LogP contribution in [0.3, 0.4) is 0 Å². The first kappa shape index (κ1) is 21.9. The molecule has 0 radical (unpaired) electrons. The topological polar surface area (TPSA) is 32.7 Å². The Labute approximate surface area is 184 Å². The van der Waals surface area contributed by atoms with Crippen LogP contribution in [0.2, 0.25) is 5.02 Å². The van der Waals surface area contributed by atoms with E-state index in [1.165, 1.54) is 5.57 Å². The Morgan fingerprint density at radius 2 is 1.50 bits per heavy atom. The largest absolute Gasteiger partial charge is 0.508 e. The van der Waals surface area contributed by atoms with Gasteiger partial charge in [0.05, 0.1) is 0 Å². The molecule has 1 N–H and O–H groups in total. The standard InChI is InChI=1S/C26H28ClNO2/c1-4-25(19-5-11-22(27)12-6-19)26(20-7-13-23(29)14-8-20)21-9-15-24(16-10-21)30-18-17-28(2)3/h4-16,26,29H,17-18H2,1-3H3/b25-4-. The van der Waals surface area contributed by atoms with Crippen molar-refractivity contribution in [3.05, 3.63) is 101 Å². The molecule has 1 unspecified atom stereocenters. The molecule has 3 aromatic rings. The average Bonchev–Trinajstić information content (AvgIpc) is 2.74. The SMILES string of the molecule is C/C=C(/c1ccc(Cl)cc1)C(c1ccc(O)cc1)c1ccc(OCCN(C)C)cc1. The summed E-state index contributed by atoms with van der Waals surface area (Å²) in [6.45, 7) is 3.58. The zero-order valence-electron chi connectivity index (χ0n) is 17.7. The summed E-state index contributed by atoms with van der Waals surface area (Å²) in [5, 5.41) is 10.5. The van der Waals surface area contributed by atoms with Crippen LogP contribution in [0, 0.1) is 0 Å². The molecular formula is C26H28ClNO2. The summed E-state index contributed by atoms with van der Waals surface area (Å²) >= 11 is 6.10. The summed E-state index contributed by atoms with van der Waals surface area (Å²) in [6, 6.07) is 23.6. The molecule has 3 aromatic carbocycles. The van der Waals surface area contributed by atoms with Crippen LogP contribution in [0.4, 0.5) is 0 Å². The molecule has 0 fully saturated rings. The van der Waals surface area contributed by atoms with Crippen LogP contribution in [0.15, 0.2) is 78.9 Å². The van der Waals surface area contributed by atoms with Crippen molar-refractivity contribution >= 4 is 17.2 Å². The monoisotopic (exact) mass is 421 g/mol. The molecule has 0 heterocycles. The van der Waals surface area contributed by atoms with Crippen molar-refractivity contribution in [2.24, 2.45) is 0 Å². The van der Waals surface area contributed by atoms with Crippen LogP contribution in [0.25, 0.3) is 5.57 Å². The fourth-order valence-corrected chi connectivity index (χ4v) is 3.59. The normalized spacial score (nSPS) is 12.8. The number of hydrogen-bond donors (Lipinski definition) is 1. The highest BCUT2D eigenvalue weighted by Gasteiger charge is 2.20. The Balaban J connectivity index is 1.95. The summed E-state index contributed by atoms with van der Waals surface area (Å²) in [5.41, 5.74) is 4.56. The highest BCUT2D eigenvalue weighted by molar-refractivity contribution is 6.30. The van der Waals surface area contributed by atoms with Crippen LogP contribution in [0.1, 0.15) is 29.5 Å². The van der Waals surface area contributed by atoms with E-state index >= 15 is 0 Å². The molecule has 0 aliphatic rings. The summed E-state index contributed by atoms with van der Waals surface area (Å²) in [4.78, 5) is 2.10. The molecule has 0 saturated carbocycles. The van der Waals surface area contributed by atoms with Crippen molar-refractivity contribution in [2.45, 2.75) is 12.8 Å². The lowest BCUT2D eigenvalue weighted by molar-refractivity contribution is 0.261. The lowest BCUT2D eigenvalue weighted by Gasteiger charge is -2.23. The predicted molar refractivity (Wildman–Crippen MR) is 126 cm³/mol. The number of ether oxygens (including phenoxy) is 1. The van der Waals surface area contributed by atoms with Crippen molar-refractivity contribution in [3.8, 4) is 11.5 Å². The summed E-state index contributed by atoms with van der Waals surface area (Å²) in [7, 11) is 4.06. The Bertz CT molecular complexity index is 961. The van der Waals surface area contributed by atoms with E-state index in [4.69, 9.17) is 16.3 Å². The molecule has 0 saturated heterocycles. The van der Waals surface area contributed by atoms with E-state index in [1.54, 1.807) is 12.1 Å². The Hall–Kier alpha value is -2.75. The van der Waals surface area contributed by atoms with Gasteiger partial charge in [-0.1, -0.05) is 54.1 Å². The number of phenols is 1. The Morgan fingerprint density at radius 1 is 0.933 bits per heavy atom. The molecule has 0 aliphatic carbocycles. The maximum absolute atomic E-state index is 9.76. The number of halogens is 1. The minimum Gasteiger partial charge on any atom is -0.508 e. The summed E-state index contributed by atoms with van der Waals surface area (Å²) in [5.74, 6) is 1.14. The van der Waals surface area contributed by atoms with E-state index < -0.39 is 0 Å². The first-order valence-corrected chi connectivity index (χ1v) is 10.4. The zero-order chi connectivity index (χ0) is 21.5. The fourth-order valence-electron chi connectivity index (χ4n) is 3.46. The minimum absolute atomic E-state index is 0.0209. The van der Waals surface area contributed by atoms with E-state index in [1.807, 2.05) is 62.6 Å². The van der Waals surface area contributed by atoms with Gasteiger partial charge in [0.25, 0.3) is 0 Å². The molecule has 4 heteroatoms. The number of phenolic OH excluding ortho intramolecular Hbond substituents is 1. The summed E-state index contributed by atoms with van der Waals surface area (Å²) in [6.07, 6.45) is 2.14. The molecule has 3 nitrogen and oxygen atoms in total. The van der Waals surface area contributed by atoms with Gasteiger partial charge in [-0.2, -0.15) is 0 Å². The zero-order valence-corrected chi connectivity index (χ0v) is 18.4. The van der Waals surface area contributed by atoms with Crippen LogP contribution in [-0.4, -0.2) is 37.3 Å². The van der Waals surface area contributed by atoms with Gasteiger partial charge in [0.2, 0.25) is 0 Å². The van der Waals surface area contributed by atoms with Crippen molar-refractivity contribution in [3.63, 3.8) is 0 Å². The van der Waals surface area contributed by atoms with E-state index in [-0.39, 0.29) is 11.7 Å². The molecule has 30 heavy (non-hydrogen) atoms. The molecule has 1 atom stereocenters. The second-order valence-electron chi connectivity index (χ2n) is 7.50. The van der Waals surface area contributed by atoms with Gasteiger partial charge in [-0.05, 0) is 79.7 Å². The number of nitrogens with zero attached hydrogens (tertiary/aromatic N) is 1. The van der Waals surface area contributed by atoms with Gasteiger partial charge in [0, 0.05) is 17.5 Å². The smallest absolute Gasteiger partial charge is 0.119 e. The van der Waals surface area contributed by atoms with Crippen LogP contribution in [-0.2, 0) is 0 Å². The van der Waals surface area contributed by atoms with Gasteiger partial charge in [-0.25, -0.2) is 0 Å². The van der Waals surface area contributed by atoms with E-state index in [9.17, 15) is 5.11 Å². The van der Waals surface area contributed by atoms with E-state index in [2.05, 4.69) is 30.0 Å². The molecule has 0 aliphatic heterocycles. The van der Waals surface area contributed by atoms with E-state index in [0.717, 1.165) is 34.0 Å². The van der Waals surface area contributed by atoms with Gasteiger partial charge in [-0.15, -0.1) is 0 Å². The third kappa shape index (κ3) is 5.65. The number of likely N-dealkylation sites (N-methyl/N-ethyl adjacent to an activating group) is 1. The number of benzene rings is 3. The van der Waals surface area contributed by atoms with Crippen LogP contribution in [0.5, 0.6) is 11.5 Å². The van der Waals surface area contributed by atoms with Crippen molar-refractivity contribution in [2.75, 3.05) is 27.2 Å². The molecular weight excluding hydrogens is 394 g/mol. The second kappa shape index (κ2) is 10.3. The van der Waals surface area contributed by atoms with Crippen molar-refractivity contribution in [1.29, 1.82) is 0 Å². The van der Waals surface area contributed by atoms with Crippen molar-refractivity contribution in [1.82, 2.24) is 4.90 Å². The Kier molecular flexibility index (Phi) is 7.56. The first-order chi connectivity index (χ1) is 14.5. The molecule has 0 bridgehead atoms. The van der Waals surface area contributed by atoms with Gasteiger partial charge < -0.3 is 14.7 Å². The van der Waals surface area contributed by atoms with Gasteiger partial charge in [0.15, 0.2) is 0 Å². The number of rotatable bonds is 8. The first-order valence-electron chi connectivity index (χ1n) is 10.1. The third-order valence-corrected chi connectivity index (χ3v) is 5.30. The lowest BCUT2D eigenvalue weighted by Crippen LogP contribution is -2.19. The highest BCUT2D eigenvalue weighted by Crippen LogP contribution is 2.39. The molecule has 0 spiro atoms. The number of allylic oxidation sites excluding steroid dienone is 2. The molecule has 156 valence electrons. The third-order valence-electron chi connectivity index (χ3n) is 5.05. The maximum atomic E-state index is 9.76. The second-order valence-corrected chi connectivity index (χ2v) is 7.93. The quantitative estimate of drug-likeness (QED) is 0.468. The number of hydrogen-bond acceptors (Lipinski definition) is 3. The Morgan fingerprint density at radius 3 is 2.03 bits per heavy atom. The lowest BCUT2D eigenvalue weighted by atomic mass is 9.81. The highest BCUT2D eigenvalue weighted by atomic mass is 35.5. The minimum atomic E-state index is 0.0209. The van der Waals surface area contributed by atoms with E-state index in [0.29, 0.717) is 6.61 Å². The summed E-state index contributed by atoms with van der Waals surface area (Å²) < 4.78 is 5.85. The molecule has 3 rings (SSSR count). The fraction of sp³-hybridized carbons (Fsp3) is 0.231. The average molecular weight is 422 g/mol. The van der Waals surface area contributed by atoms with Gasteiger partial charge >= 0.3 is 0 Å². The number of aromatic hydroxyl groups is 1. The molecule has 0 aromatic heterocycles. The van der Waals surface area contributed by atoms with Gasteiger partial charge in [0.1, 0.15) is 18.1 Å². The van der Waals surface area contributed by atoms with Crippen LogP contribution >= 0.6 is 11.6 Å². The van der Waals surface area contributed by atoms with Gasteiger partial charge in [-0.3, -0.25) is 0 Å². The van der Waals surface area contributed by atoms with Crippen LogP contribution < -0.4 is 4.74 Å². The maximum Gasteiger partial charge on any atom is 0.119 e. The predicted octanol–water partition coefficient (Wildman–Crippen LogP) is 6.22. The van der Waals surface area contributed by atoms with Crippen molar-refractivity contribution < 1.29 is 9.84 Å².